The van der Waals surface area contributed by atoms with Crippen molar-refractivity contribution in [2.24, 2.45) is 22.9 Å². The topological polar surface area (TPSA) is 54.4 Å². The molecule has 2 fully saturated rings. The number of benzene rings is 3. The fourth-order valence-electron chi connectivity index (χ4n) is 7.35. The maximum absolute atomic E-state index is 12.9. The Labute approximate surface area is 204 Å². The highest BCUT2D eigenvalue weighted by molar-refractivity contribution is 5.95. The molecule has 35 heavy (non-hydrogen) atoms. The van der Waals surface area contributed by atoms with Crippen LogP contribution in [0.3, 0.4) is 0 Å². The molecule has 3 aliphatic carbocycles. The highest BCUT2D eigenvalue weighted by atomic mass is 16.2. The predicted octanol–water partition coefficient (Wildman–Crippen LogP) is 5.66. The van der Waals surface area contributed by atoms with E-state index in [9.17, 15) is 4.79 Å². The molecule has 4 aromatic rings. The third kappa shape index (κ3) is 2.65. The molecule has 4 nitrogen and oxygen atoms in total. The quantitative estimate of drug-likeness (QED) is 0.240. The van der Waals surface area contributed by atoms with Gasteiger partial charge in [0.25, 0.3) is 5.91 Å². The van der Waals surface area contributed by atoms with Gasteiger partial charge in [-0.25, -0.2) is 10.4 Å². The zero-order chi connectivity index (χ0) is 23.5. The van der Waals surface area contributed by atoms with Crippen molar-refractivity contribution in [1.82, 2.24) is 10.4 Å². The first kappa shape index (κ1) is 20.3. The van der Waals surface area contributed by atoms with Gasteiger partial charge in [0.1, 0.15) is 5.69 Å². The second-order valence-corrected chi connectivity index (χ2v) is 9.89. The Balaban J connectivity index is 1.24. The third-order valence-electron chi connectivity index (χ3n) is 8.56. The third-order valence-corrected chi connectivity index (χ3v) is 8.56. The van der Waals surface area contributed by atoms with Crippen LogP contribution in [0.25, 0.3) is 10.9 Å². The summed E-state index contributed by atoms with van der Waals surface area (Å²) in [7, 11) is 0. The van der Waals surface area contributed by atoms with E-state index in [2.05, 4.69) is 88.3 Å². The van der Waals surface area contributed by atoms with Crippen LogP contribution in [0.4, 0.5) is 0 Å². The van der Waals surface area contributed by atoms with Gasteiger partial charge in [-0.3, -0.25) is 4.79 Å². The van der Waals surface area contributed by atoms with E-state index in [4.69, 9.17) is 0 Å². The molecule has 3 aliphatic rings. The minimum Gasteiger partial charge on any atom is -0.266 e. The van der Waals surface area contributed by atoms with Crippen molar-refractivity contribution in [3.63, 3.8) is 0 Å². The average Bonchev–Trinajstić information content (AvgIpc) is 3.15. The molecular weight excluding hydrogens is 430 g/mol. The number of hydrazone groups is 1. The first-order valence-electron chi connectivity index (χ1n) is 12.2. The van der Waals surface area contributed by atoms with Gasteiger partial charge >= 0.3 is 0 Å². The summed E-state index contributed by atoms with van der Waals surface area (Å²) in [4.78, 5) is 17.4. The molecule has 1 aromatic heterocycles. The lowest BCUT2D eigenvalue weighted by molar-refractivity contribution is 0.0950. The number of aromatic nitrogens is 1. The van der Waals surface area contributed by atoms with E-state index in [1.807, 2.05) is 36.5 Å². The summed E-state index contributed by atoms with van der Waals surface area (Å²) in [5, 5.41) is 5.53. The normalized spacial score (nSPS) is 30.0. The Morgan fingerprint density at radius 2 is 1.40 bits per heavy atom. The van der Waals surface area contributed by atoms with Crippen molar-refractivity contribution in [3.8, 4) is 0 Å². The Hall–Kier alpha value is -4.05. The van der Waals surface area contributed by atoms with Crippen molar-refractivity contribution in [1.29, 1.82) is 0 Å². The molecule has 1 heterocycles. The van der Waals surface area contributed by atoms with Crippen LogP contribution in [0.15, 0.2) is 114 Å². The molecule has 1 unspecified atom stereocenters. The second kappa shape index (κ2) is 7.47. The number of hydrogen-bond acceptors (Lipinski definition) is 3. The Morgan fingerprint density at radius 1 is 0.800 bits per heavy atom. The van der Waals surface area contributed by atoms with Gasteiger partial charge in [-0.05, 0) is 41.5 Å². The van der Waals surface area contributed by atoms with Gasteiger partial charge in [0, 0.05) is 28.3 Å². The van der Waals surface area contributed by atoms with E-state index in [1.54, 1.807) is 6.07 Å². The minimum absolute atomic E-state index is 0.0372. The molecule has 0 radical (unpaired) electrons. The average molecular weight is 456 g/mol. The number of carbonyl (C=O) groups excluding carboxylic acids is 1. The first-order chi connectivity index (χ1) is 17.3. The summed E-state index contributed by atoms with van der Waals surface area (Å²) in [6.45, 7) is 0. The number of hydrogen-bond donors (Lipinski definition) is 1. The minimum atomic E-state index is -0.290. The predicted molar refractivity (Wildman–Crippen MR) is 138 cm³/mol. The number of nitrogens with zero attached hydrogens (tertiary/aromatic N) is 2. The van der Waals surface area contributed by atoms with E-state index in [0.717, 1.165) is 10.9 Å². The number of rotatable bonds is 5. The van der Waals surface area contributed by atoms with Crippen LogP contribution in [-0.4, -0.2) is 17.1 Å². The number of allylic oxidation sites excluding steroid dienone is 2. The van der Waals surface area contributed by atoms with E-state index in [1.165, 1.54) is 17.5 Å². The largest absolute Gasteiger partial charge is 0.289 e. The van der Waals surface area contributed by atoms with Crippen LogP contribution in [-0.2, 0) is 10.8 Å². The fraction of sp³-hybridized carbons (Fsp3) is 0.194. The lowest BCUT2D eigenvalue weighted by Crippen LogP contribution is -2.26. The molecule has 1 amide bonds. The molecule has 0 spiro atoms. The summed E-state index contributed by atoms with van der Waals surface area (Å²) in [5.74, 6) is 0.832. The Kier molecular flexibility index (Phi) is 4.34. The molecule has 5 atom stereocenters. The highest BCUT2D eigenvalue weighted by Crippen LogP contribution is 2.83. The molecule has 7 rings (SSSR count). The maximum atomic E-state index is 12.9. The second-order valence-electron chi connectivity index (χ2n) is 9.89. The summed E-state index contributed by atoms with van der Waals surface area (Å²) in [6, 6.07) is 33.2. The molecule has 1 N–H and O–H groups in total. The Morgan fingerprint density at radius 3 is 2.06 bits per heavy atom. The lowest BCUT2D eigenvalue weighted by atomic mass is 9.75. The smallest absolute Gasteiger partial charge is 0.266 e. The van der Waals surface area contributed by atoms with Crippen LogP contribution in [0.2, 0.25) is 0 Å². The van der Waals surface area contributed by atoms with Crippen molar-refractivity contribution in [3.05, 3.63) is 126 Å². The number of nitrogens with one attached hydrogen (secondary N) is 1. The van der Waals surface area contributed by atoms with Crippen molar-refractivity contribution in [2.45, 2.75) is 17.3 Å². The van der Waals surface area contributed by atoms with Crippen LogP contribution in [0.5, 0.6) is 0 Å². The molecule has 2 bridgehead atoms. The van der Waals surface area contributed by atoms with E-state index in [0.29, 0.717) is 17.5 Å². The van der Waals surface area contributed by atoms with Crippen molar-refractivity contribution in [2.75, 3.05) is 0 Å². The summed E-state index contributed by atoms with van der Waals surface area (Å²) < 4.78 is 0. The maximum Gasteiger partial charge on any atom is 0.289 e. The van der Waals surface area contributed by atoms with Gasteiger partial charge < -0.3 is 0 Å². The number of amides is 1. The van der Waals surface area contributed by atoms with Crippen LogP contribution < -0.4 is 5.43 Å². The first-order valence-corrected chi connectivity index (χ1v) is 12.2. The summed E-state index contributed by atoms with van der Waals surface area (Å²) in [5.41, 5.74) is 6.58. The van der Waals surface area contributed by atoms with E-state index >= 15 is 0 Å². The van der Waals surface area contributed by atoms with Gasteiger partial charge in [0.15, 0.2) is 0 Å². The zero-order valence-electron chi connectivity index (χ0n) is 19.2. The van der Waals surface area contributed by atoms with Gasteiger partial charge in [0.2, 0.25) is 0 Å². The molecule has 0 saturated heterocycles. The highest BCUT2D eigenvalue weighted by Gasteiger charge is 2.85. The summed E-state index contributed by atoms with van der Waals surface area (Å²) in [6.07, 6.45) is 7.97. The number of carbonyl (C=O) groups is 1. The zero-order valence-corrected chi connectivity index (χ0v) is 19.2. The van der Waals surface area contributed by atoms with Crippen LogP contribution in [0, 0.1) is 17.8 Å². The standard InChI is InChI=1S/C31H25N3O/c35-29(27-18-15-21-9-7-8-14-26(21)33-27)34-32-20-28-30(22-10-3-1-4-11-22)24-16-17-25(19-24)31(28,30)23-12-5-2-6-13-23/h1-18,20,24-25,28H,19H2,(H,34,35)/b32-20+/t24-,25+,28?,30-,31-/m0/s1. The van der Waals surface area contributed by atoms with Gasteiger partial charge in [-0.15, -0.1) is 0 Å². The fourth-order valence-corrected chi connectivity index (χ4v) is 7.35. The Bertz CT molecular complexity index is 1430. The number of para-hydroxylation sites is 1. The van der Waals surface area contributed by atoms with Gasteiger partial charge in [-0.1, -0.05) is 97.1 Å². The molecule has 0 aliphatic heterocycles. The van der Waals surface area contributed by atoms with Crippen molar-refractivity contribution < 1.29 is 4.79 Å². The molecule has 170 valence electrons. The monoisotopic (exact) mass is 455 g/mol. The molecule has 3 aromatic carbocycles. The van der Waals surface area contributed by atoms with E-state index < -0.39 is 0 Å². The van der Waals surface area contributed by atoms with Crippen molar-refractivity contribution >= 4 is 23.0 Å². The van der Waals surface area contributed by atoms with Crippen LogP contribution >= 0.6 is 0 Å². The number of pyridine rings is 1. The number of fused-ring (bicyclic) bond motifs is 6. The molecule has 4 heteroatoms. The van der Waals surface area contributed by atoms with Gasteiger partial charge in [0.05, 0.1) is 5.52 Å². The van der Waals surface area contributed by atoms with Crippen LogP contribution in [0.1, 0.15) is 28.0 Å². The van der Waals surface area contributed by atoms with Gasteiger partial charge in [-0.2, -0.15) is 5.10 Å². The molecular formula is C31H25N3O. The van der Waals surface area contributed by atoms with E-state index in [-0.39, 0.29) is 22.7 Å². The SMILES string of the molecule is O=C(N/N=C/C1[C@]2(c3ccccc3)[C@@H]3C=C[C@@H](C3)[C@@]12c1ccccc1)c1ccc2ccccc2n1. The molecule has 2 saturated carbocycles. The lowest BCUT2D eigenvalue weighted by Gasteiger charge is -2.27. The summed E-state index contributed by atoms with van der Waals surface area (Å²) >= 11 is 0.